The van der Waals surface area contributed by atoms with E-state index >= 15 is 0 Å². The molecule has 0 saturated heterocycles. The van der Waals surface area contributed by atoms with Crippen LogP contribution in [0.2, 0.25) is 0 Å². The lowest BCUT2D eigenvalue weighted by Crippen LogP contribution is -2.16. The maximum Gasteiger partial charge on any atom is 0.241 e. The van der Waals surface area contributed by atoms with Crippen LogP contribution in [0, 0.1) is 0 Å². The molecule has 0 aliphatic heterocycles. The van der Waals surface area contributed by atoms with Crippen molar-refractivity contribution < 1.29 is 17.9 Å². The summed E-state index contributed by atoms with van der Waals surface area (Å²) in [5.74, 6) is 0.239. The maximum absolute atomic E-state index is 11.5. The zero-order valence-electron chi connectivity index (χ0n) is 11.0. The Balaban J connectivity index is 2.90. The largest absolute Gasteiger partial charge is 0.490 e. The Morgan fingerprint density at radius 2 is 2.00 bits per heavy atom. The van der Waals surface area contributed by atoms with Gasteiger partial charge in [-0.05, 0) is 37.6 Å². The van der Waals surface area contributed by atoms with E-state index in [4.69, 9.17) is 20.3 Å². The van der Waals surface area contributed by atoms with Gasteiger partial charge < -0.3 is 15.2 Å². The fourth-order valence-corrected chi connectivity index (χ4v) is 2.29. The fourth-order valence-electron chi connectivity index (χ4n) is 1.57. The summed E-state index contributed by atoms with van der Waals surface area (Å²) in [5, 5.41) is 5.18. The first-order valence-electron chi connectivity index (χ1n) is 6.05. The average molecular weight is 288 g/mol. The first-order valence-corrected chi connectivity index (χ1v) is 7.60. The number of benzene rings is 1. The monoisotopic (exact) mass is 288 g/mol. The van der Waals surface area contributed by atoms with Crippen LogP contribution in [0.4, 0.5) is 0 Å². The van der Waals surface area contributed by atoms with Gasteiger partial charge in [0.05, 0.1) is 6.61 Å². The van der Waals surface area contributed by atoms with Crippen molar-refractivity contribution in [3.05, 3.63) is 23.8 Å². The second-order valence-corrected chi connectivity index (χ2v) is 5.44. The summed E-state index contributed by atoms with van der Waals surface area (Å²) < 4.78 is 33.6. The Morgan fingerprint density at radius 3 is 2.58 bits per heavy atom. The zero-order chi connectivity index (χ0) is 14.3. The third-order valence-corrected chi connectivity index (χ3v) is 3.37. The van der Waals surface area contributed by atoms with Gasteiger partial charge in [0.15, 0.2) is 0 Å². The Kier molecular flexibility index (Phi) is 6.23. The minimum absolute atomic E-state index is 0.0186. The average Bonchev–Trinajstić information content (AvgIpc) is 2.35. The fraction of sp³-hybridized carbons (Fsp3) is 0.500. The number of hydrogen-bond donors (Lipinski definition) is 2. The van der Waals surface area contributed by atoms with E-state index in [1.54, 1.807) is 12.1 Å². The van der Waals surface area contributed by atoms with Crippen molar-refractivity contribution in [2.24, 2.45) is 10.9 Å². The molecule has 0 aliphatic rings. The molecule has 19 heavy (non-hydrogen) atoms. The summed E-state index contributed by atoms with van der Waals surface area (Å²) in [7, 11) is -3.82. The number of nitrogens with two attached hydrogens (primary N) is 2. The highest BCUT2D eigenvalue weighted by Crippen LogP contribution is 2.24. The summed E-state index contributed by atoms with van der Waals surface area (Å²) in [4.78, 5) is -0.0186. The van der Waals surface area contributed by atoms with E-state index in [9.17, 15) is 8.42 Å². The van der Waals surface area contributed by atoms with E-state index < -0.39 is 10.0 Å². The lowest BCUT2D eigenvalue weighted by atomic mass is 10.1. The van der Waals surface area contributed by atoms with E-state index in [1.807, 2.05) is 6.92 Å². The molecule has 0 heterocycles. The molecule has 0 fully saturated rings. The van der Waals surface area contributed by atoms with Crippen LogP contribution in [0.5, 0.6) is 5.75 Å². The summed E-state index contributed by atoms with van der Waals surface area (Å²) in [5.41, 5.74) is 6.25. The van der Waals surface area contributed by atoms with E-state index in [1.165, 1.54) is 6.07 Å². The standard InChI is InChI=1S/C12H20N2O4S/c1-2-17-7-8-18-11-4-3-10(5-6-13)9-12(11)19(14,15)16/h3-4,9H,2,5-8,13H2,1H3,(H2,14,15,16). The van der Waals surface area contributed by atoms with Crippen LogP contribution in [0.1, 0.15) is 12.5 Å². The van der Waals surface area contributed by atoms with Gasteiger partial charge in [0.1, 0.15) is 17.3 Å². The summed E-state index contributed by atoms with van der Waals surface area (Å²) in [6.07, 6.45) is 0.585. The Hall–Kier alpha value is -1.15. The predicted octanol–water partition coefficient (Wildman–Crippen LogP) is 0.251. The third-order valence-electron chi connectivity index (χ3n) is 2.44. The van der Waals surface area contributed by atoms with Crippen molar-refractivity contribution in [1.82, 2.24) is 0 Å². The van der Waals surface area contributed by atoms with Gasteiger partial charge in [-0.15, -0.1) is 0 Å². The molecule has 0 amide bonds. The first kappa shape index (κ1) is 15.9. The van der Waals surface area contributed by atoms with Crippen LogP contribution in [0.25, 0.3) is 0 Å². The highest BCUT2D eigenvalue weighted by molar-refractivity contribution is 7.89. The molecule has 7 heteroatoms. The molecule has 6 nitrogen and oxygen atoms in total. The van der Waals surface area contributed by atoms with E-state index in [-0.39, 0.29) is 17.3 Å². The van der Waals surface area contributed by atoms with Crippen molar-refractivity contribution in [2.45, 2.75) is 18.2 Å². The Morgan fingerprint density at radius 1 is 1.26 bits per heavy atom. The molecule has 0 aromatic heterocycles. The molecule has 0 saturated carbocycles. The molecular formula is C12H20N2O4S. The minimum Gasteiger partial charge on any atom is -0.490 e. The normalized spacial score (nSPS) is 11.5. The predicted molar refractivity (Wildman–Crippen MR) is 72.6 cm³/mol. The Bertz CT molecular complexity index is 502. The Labute approximate surface area is 113 Å². The van der Waals surface area contributed by atoms with Gasteiger partial charge in [-0.2, -0.15) is 0 Å². The van der Waals surface area contributed by atoms with Gasteiger partial charge in [-0.1, -0.05) is 6.07 Å². The van der Waals surface area contributed by atoms with Crippen molar-refractivity contribution in [3.8, 4) is 5.75 Å². The van der Waals surface area contributed by atoms with Crippen LogP contribution >= 0.6 is 0 Å². The van der Waals surface area contributed by atoms with Gasteiger partial charge in [0.2, 0.25) is 10.0 Å². The summed E-state index contributed by atoms with van der Waals surface area (Å²) in [6.45, 7) is 3.56. The summed E-state index contributed by atoms with van der Waals surface area (Å²) in [6, 6.07) is 4.87. The third kappa shape index (κ3) is 5.15. The molecule has 0 radical (unpaired) electrons. The number of rotatable bonds is 8. The topological polar surface area (TPSA) is 105 Å². The molecule has 1 rings (SSSR count). The van der Waals surface area contributed by atoms with Crippen molar-refractivity contribution in [3.63, 3.8) is 0 Å². The number of ether oxygens (including phenoxy) is 2. The molecule has 0 aliphatic carbocycles. The number of hydrogen-bond acceptors (Lipinski definition) is 5. The lowest BCUT2D eigenvalue weighted by molar-refractivity contribution is 0.109. The first-order chi connectivity index (χ1) is 8.99. The molecule has 0 spiro atoms. The molecule has 0 atom stereocenters. The zero-order valence-corrected chi connectivity index (χ0v) is 11.8. The van der Waals surface area contributed by atoms with Gasteiger partial charge in [-0.3, -0.25) is 0 Å². The number of primary sulfonamides is 1. The minimum atomic E-state index is -3.82. The van der Waals surface area contributed by atoms with E-state index in [0.29, 0.717) is 26.2 Å². The van der Waals surface area contributed by atoms with Crippen molar-refractivity contribution >= 4 is 10.0 Å². The highest BCUT2D eigenvalue weighted by atomic mass is 32.2. The smallest absolute Gasteiger partial charge is 0.241 e. The van der Waals surface area contributed by atoms with Crippen LogP contribution in [-0.4, -0.2) is 34.8 Å². The van der Waals surface area contributed by atoms with E-state index in [2.05, 4.69) is 0 Å². The molecule has 0 unspecified atom stereocenters. The highest BCUT2D eigenvalue weighted by Gasteiger charge is 2.16. The van der Waals surface area contributed by atoms with E-state index in [0.717, 1.165) is 5.56 Å². The summed E-state index contributed by atoms with van der Waals surface area (Å²) >= 11 is 0. The van der Waals surface area contributed by atoms with Crippen LogP contribution in [0.3, 0.4) is 0 Å². The van der Waals surface area contributed by atoms with Crippen LogP contribution in [-0.2, 0) is 21.2 Å². The molecule has 108 valence electrons. The second-order valence-electron chi connectivity index (χ2n) is 3.91. The second kappa shape index (κ2) is 7.44. The maximum atomic E-state index is 11.5. The van der Waals surface area contributed by atoms with Crippen LogP contribution in [0.15, 0.2) is 23.1 Å². The number of sulfonamides is 1. The van der Waals surface area contributed by atoms with Gasteiger partial charge in [0, 0.05) is 6.61 Å². The van der Waals surface area contributed by atoms with Gasteiger partial charge in [-0.25, -0.2) is 13.6 Å². The quantitative estimate of drug-likeness (QED) is 0.667. The SMILES string of the molecule is CCOCCOc1ccc(CCN)cc1S(N)(=O)=O. The lowest BCUT2D eigenvalue weighted by Gasteiger charge is -2.11. The van der Waals surface area contributed by atoms with Crippen molar-refractivity contribution in [1.29, 1.82) is 0 Å². The molecule has 0 bridgehead atoms. The molecule has 1 aromatic rings. The van der Waals surface area contributed by atoms with Gasteiger partial charge in [0.25, 0.3) is 0 Å². The van der Waals surface area contributed by atoms with Crippen molar-refractivity contribution in [2.75, 3.05) is 26.4 Å². The van der Waals surface area contributed by atoms with Crippen LogP contribution < -0.4 is 15.6 Å². The molecular weight excluding hydrogens is 268 g/mol. The molecule has 4 N–H and O–H groups in total. The van der Waals surface area contributed by atoms with Gasteiger partial charge >= 0.3 is 0 Å². The molecule has 1 aromatic carbocycles.